The maximum Gasteiger partial charge on any atom is 0.241 e. The number of carbonyl (C=O) groups is 1. The number of hydrogen-bond acceptors (Lipinski definition) is 6. The van der Waals surface area contributed by atoms with Crippen molar-refractivity contribution >= 4 is 24.6 Å². The fraction of sp³-hybridized carbons (Fsp3) is 0.500. The number of nitrogens with one attached hydrogen (secondary N) is 1. The van der Waals surface area contributed by atoms with E-state index >= 15 is 0 Å². The van der Waals surface area contributed by atoms with Crippen LogP contribution in [0.15, 0.2) is 47.4 Å². The van der Waals surface area contributed by atoms with Gasteiger partial charge in [0.15, 0.2) is 19.8 Å². The van der Waals surface area contributed by atoms with Crippen LogP contribution >= 0.6 is 0 Å². The van der Waals surface area contributed by atoms with E-state index < -0.39 is 30.5 Å². The van der Waals surface area contributed by atoms with Gasteiger partial charge in [0, 0.05) is 12.5 Å². The minimum absolute atomic E-state index is 0.0611. The summed E-state index contributed by atoms with van der Waals surface area (Å²) in [5, 5.41) is -0.0611. The number of carbonyl (C=O) groups excluding carboxylic acids is 1. The average Bonchev–Trinajstić information content (AvgIpc) is 2.77. The summed E-state index contributed by atoms with van der Waals surface area (Å²) in [5.74, 6) is 1.03. The Kier molecular flexibility index (Phi) is 9.69. The van der Waals surface area contributed by atoms with Crippen molar-refractivity contribution in [2.24, 2.45) is 0 Å². The van der Waals surface area contributed by atoms with Gasteiger partial charge in [-0.1, -0.05) is 44.5 Å². The van der Waals surface area contributed by atoms with Gasteiger partial charge in [0.2, 0.25) is 10.0 Å². The Morgan fingerprint density at radius 2 is 1.60 bits per heavy atom. The molecule has 2 rings (SSSR count). The Hall–Kier alpha value is -2.20. The fourth-order valence-electron chi connectivity index (χ4n) is 3.45. The van der Waals surface area contributed by atoms with Crippen LogP contribution in [-0.2, 0) is 19.2 Å². The third-order valence-corrected chi connectivity index (χ3v) is 12.6. The van der Waals surface area contributed by atoms with Gasteiger partial charge in [-0.2, -0.15) is 0 Å². The number of ether oxygens (including phenoxy) is 2. The number of aldehydes is 1. The molecular formula is C26H39NO6SSi. The second-order valence-electron chi connectivity index (χ2n) is 10.2. The van der Waals surface area contributed by atoms with E-state index in [-0.39, 0.29) is 22.8 Å². The Morgan fingerprint density at radius 1 is 1.00 bits per heavy atom. The minimum Gasteiger partial charge on any atom is -0.493 e. The molecule has 0 aromatic heterocycles. The number of sulfonamides is 1. The molecular weight excluding hydrogens is 482 g/mol. The second kappa shape index (κ2) is 11.7. The van der Waals surface area contributed by atoms with Crippen molar-refractivity contribution in [3.63, 3.8) is 0 Å². The van der Waals surface area contributed by atoms with Gasteiger partial charge in [-0.05, 0) is 61.3 Å². The molecule has 0 radical (unpaired) electrons. The SMILES string of the molecule is COc1ccc([C@H](C[C@H](CC=O)O[Si](C)(C)C(C)(C)C)NS(=O)(=O)c2ccc(C)cc2)cc1OC. The van der Waals surface area contributed by atoms with Crippen molar-refractivity contribution in [1.82, 2.24) is 4.72 Å². The zero-order chi connectivity index (χ0) is 26.4. The summed E-state index contributed by atoms with van der Waals surface area (Å²) in [6, 6.07) is 11.3. The molecule has 0 aliphatic rings. The van der Waals surface area contributed by atoms with E-state index in [4.69, 9.17) is 13.9 Å². The maximum atomic E-state index is 13.3. The molecule has 2 aromatic rings. The molecule has 0 aliphatic carbocycles. The predicted molar refractivity (Wildman–Crippen MR) is 141 cm³/mol. The van der Waals surface area contributed by atoms with Crippen LogP contribution < -0.4 is 14.2 Å². The summed E-state index contributed by atoms with van der Waals surface area (Å²) in [6.07, 6.45) is 0.832. The van der Waals surface area contributed by atoms with Crippen LogP contribution in [0.4, 0.5) is 0 Å². The Bertz CT molecular complexity index is 1090. The zero-order valence-corrected chi connectivity index (χ0v) is 23.9. The molecule has 0 saturated carbocycles. The number of benzene rings is 2. The van der Waals surface area contributed by atoms with E-state index in [0.29, 0.717) is 17.1 Å². The van der Waals surface area contributed by atoms with Gasteiger partial charge in [0.25, 0.3) is 0 Å². The second-order valence-corrected chi connectivity index (χ2v) is 16.7. The van der Waals surface area contributed by atoms with Gasteiger partial charge in [0.05, 0.1) is 25.2 Å². The first-order chi connectivity index (χ1) is 16.2. The Balaban J connectivity index is 2.49. The number of aryl methyl sites for hydroxylation is 1. The lowest BCUT2D eigenvalue weighted by atomic mass is 10.00. The molecule has 0 unspecified atom stereocenters. The molecule has 194 valence electrons. The monoisotopic (exact) mass is 521 g/mol. The largest absolute Gasteiger partial charge is 0.493 e. The highest BCUT2D eigenvalue weighted by atomic mass is 32.2. The molecule has 0 fully saturated rings. The molecule has 0 bridgehead atoms. The summed E-state index contributed by atoms with van der Waals surface area (Å²) >= 11 is 0. The van der Waals surface area contributed by atoms with Crippen LogP contribution in [0, 0.1) is 6.92 Å². The van der Waals surface area contributed by atoms with E-state index in [1.54, 1.807) is 49.6 Å². The summed E-state index contributed by atoms with van der Waals surface area (Å²) in [7, 11) is -2.99. The Labute approximate surface area is 211 Å². The van der Waals surface area contributed by atoms with E-state index in [0.717, 1.165) is 11.8 Å². The van der Waals surface area contributed by atoms with Crippen molar-refractivity contribution in [2.45, 2.75) is 75.7 Å². The van der Waals surface area contributed by atoms with Crippen molar-refractivity contribution in [3.05, 3.63) is 53.6 Å². The van der Waals surface area contributed by atoms with E-state index in [1.165, 1.54) is 7.11 Å². The Morgan fingerprint density at radius 3 is 2.11 bits per heavy atom. The maximum absolute atomic E-state index is 13.3. The summed E-state index contributed by atoms with van der Waals surface area (Å²) in [4.78, 5) is 11.7. The molecule has 7 nitrogen and oxygen atoms in total. The lowest BCUT2D eigenvalue weighted by Crippen LogP contribution is -2.45. The smallest absolute Gasteiger partial charge is 0.241 e. The summed E-state index contributed by atoms with van der Waals surface area (Å²) in [5.41, 5.74) is 1.65. The summed E-state index contributed by atoms with van der Waals surface area (Å²) < 4.78 is 46.8. The topological polar surface area (TPSA) is 90.9 Å². The number of hydrogen-bond donors (Lipinski definition) is 1. The first-order valence-corrected chi connectivity index (χ1v) is 16.1. The lowest BCUT2D eigenvalue weighted by Gasteiger charge is -2.39. The van der Waals surface area contributed by atoms with Crippen molar-refractivity contribution in [1.29, 1.82) is 0 Å². The standard InChI is InChI=1S/C26H39NO6SSi/c1-19-9-12-22(13-10-19)34(29,30)27-23(20-11-14-24(31-5)25(17-20)32-6)18-21(15-16-28)33-35(7,8)26(2,3)4/h9-14,16-17,21,23,27H,15,18H2,1-8H3/t21-,23-/m0/s1. The first-order valence-electron chi connectivity index (χ1n) is 11.7. The molecule has 0 spiro atoms. The molecule has 0 saturated heterocycles. The van der Waals surface area contributed by atoms with Crippen LogP contribution in [-0.4, -0.2) is 43.3 Å². The van der Waals surface area contributed by atoms with Crippen LogP contribution in [0.1, 0.15) is 50.8 Å². The molecule has 35 heavy (non-hydrogen) atoms. The predicted octanol–water partition coefficient (Wildman–Crippen LogP) is 5.40. The highest BCUT2D eigenvalue weighted by Crippen LogP contribution is 2.39. The normalized spacial score (nSPS) is 14.3. The van der Waals surface area contributed by atoms with Crippen molar-refractivity contribution < 1.29 is 27.1 Å². The third-order valence-electron chi connectivity index (χ3n) is 6.56. The third kappa shape index (κ3) is 7.64. The first kappa shape index (κ1) is 29.0. The average molecular weight is 522 g/mol. The molecule has 9 heteroatoms. The lowest BCUT2D eigenvalue weighted by molar-refractivity contribution is -0.109. The van der Waals surface area contributed by atoms with Crippen molar-refractivity contribution in [2.75, 3.05) is 14.2 Å². The summed E-state index contributed by atoms with van der Waals surface area (Å²) in [6.45, 7) is 12.5. The van der Waals surface area contributed by atoms with Gasteiger partial charge in [-0.15, -0.1) is 0 Å². The van der Waals surface area contributed by atoms with Crippen LogP contribution in [0.5, 0.6) is 11.5 Å². The van der Waals surface area contributed by atoms with Gasteiger partial charge in [-0.25, -0.2) is 13.1 Å². The van der Waals surface area contributed by atoms with Crippen LogP contribution in [0.25, 0.3) is 0 Å². The van der Waals surface area contributed by atoms with E-state index in [2.05, 4.69) is 38.6 Å². The van der Waals surface area contributed by atoms with Crippen LogP contribution in [0.3, 0.4) is 0 Å². The zero-order valence-electron chi connectivity index (χ0n) is 22.0. The van der Waals surface area contributed by atoms with E-state index in [1.807, 2.05) is 6.92 Å². The van der Waals surface area contributed by atoms with Gasteiger partial charge in [-0.3, -0.25) is 0 Å². The van der Waals surface area contributed by atoms with Gasteiger partial charge >= 0.3 is 0 Å². The fourth-order valence-corrected chi connectivity index (χ4v) is 6.07. The number of rotatable bonds is 12. The van der Waals surface area contributed by atoms with Crippen molar-refractivity contribution in [3.8, 4) is 11.5 Å². The highest BCUT2D eigenvalue weighted by Gasteiger charge is 2.40. The number of methoxy groups -OCH3 is 2. The molecule has 2 atom stereocenters. The molecule has 0 heterocycles. The van der Waals surface area contributed by atoms with Gasteiger partial charge < -0.3 is 18.7 Å². The van der Waals surface area contributed by atoms with E-state index in [9.17, 15) is 13.2 Å². The van der Waals surface area contributed by atoms with Gasteiger partial charge in [0.1, 0.15) is 6.29 Å². The minimum atomic E-state index is -3.85. The highest BCUT2D eigenvalue weighted by molar-refractivity contribution is 7.89. The molecule has 0 aliphatic heterocycles. The molecule has 1 N–H and O–H groups in total. The molecule has 2 aromatic carbocycles. The molecule has 0 amide bonds. The van der Waals surface area contributed by atoms with Crippen LogP contribution in [0.2, 0.25) is 18.1 Å². The quantitative estimate of drug-likeness (QED) is 0.297.